The van der Waals surface area contributed by atoms with E-state index in [1.54, 1.807) is 12.1 Å². The van der Waals surface area contributed by atoms with E-state index < -0.39 is 0 Å². The highest BCUT2D eigenvalue weighted by Gasteiger charge is 2.16. The van der Waals surface area contributed by atoms with Crippen LogP contribution in [0.4, 0.5) is 10.8 Å². The molecule has 1 aliphatic rings. The maximum atomic E-state index is 12.3. The number of aromatic nitrogens is 1. The van der Waals surface area contributed by atoms with Crippen LogP contribution in [0.1, 0.15) is 22.3 Å². The van der Waals surface area contributed by atoms with Gasteiger partial charge in [0.05, 0.1) is 5.69 Å². The van der Waals surface area contributed by atoms with Crippen LogP contribution in [0.5, 0.6) is 0 Å². The van der Waals surface area contributed by atoms with Gasteiger partial charge in [-0.1, -0.05) is 22.0 Å². The molecule has 2 heterocycles. The van der Waals surface area contributed by atoms with Gasteiger partial charge in [0, 0.05) is 33.1 Å². The Balaban J connectivity index is 1.52. The van der Waals surface area contributed by atoms with Crippen LogP contribution < -0.4 is 10.6 Å². The van der Waals surface area contributed by atoms with Crippen molar-refractivity contribution in [1.82, 2.24) is 4.98 Å². The molecule has 4 rings (SSSR count). The summed E-state index contributed by atoms with van der Waals surface area (Å²) in [7, 11) is 0. The number of rotatable bonds is 3. The van der Waals surface area contributed by atoms with Gasteiger partial charge in [0.25, 0.3) is 5.91 Å². The van der Waals surface area contributed by atoms with Gasteiger partial charge in [-0.25, -0.2) is 4.98 Å². The first-order valence-corrected chi connectivity index (χ1v) is 9.71. The molecule has 0 atom stereocenters. The summed E-state index contributed by atoms with van der Waals surface area (Å²) in [6, 6.07) is 13.0. The molecule has 0 fully saturated rings. The molecule has 7 heteroatoms. The third-order valence-corrected chi connectivity index (χ3v) is 5.41. The van der Waals surface area contributed by atoms with Crippen molar-refractivity contribution < 1.29 is 9.59 Å². The maximum absolute atomic E-state index is 12.3. The fraction of sp³-hybridized carbons (Fsp3) is 0.105. The predicted molar refractivity (Wildman–Crippen MR) is 107 cm³/mol. The van der Waals surface area contributed by atoms with Crippen molar-refractivity contribution in [3.63, 3.8) is 0 Å². The quantitative estimate of drug-likeness (QED) is 0.635. The summed E-state index contributed by atoms with van der Waals surface area (Å²) in [5.41, 5.74) is 4.33. The fourth-order valence-electron chi connectivity index (χ4n) is 2.78. The van der Waals surface area contributed by atoms with Gasteiger partial charge in [-0.3, -0.25) is 14.9 Å². The molecule has 0 saturated heterocycles. The Labute approximate surface area is 162 Å². The zero-order valence-electron chi connectivity index (χ0n) is 13.6. The monoisotopic (exact) mass is 427 g/mol. The largest absolute Gasteiger partial charge is 0.326 e. The second kappa shape index (κ2) is 7.01. The zero-order valence-corrected chi connectivity index (χ0v) is 16.0. The van der Waals surface area contributed by atoms with Gasteiger partial charge in [0.15, 0.2) is 5.13 Å². The summed E-state index contributed by atoms with van der Waals surface area (Å²) in [5.74, 6) is -0.136. The second-order valence-corrected chi connectivity index (χ2v) is 7.69. The lowest BCUT2D eigenvalue weighted by Crippen LogP contribution is -2.18. The number of benzene rings is 2. The van der Waals surface area contributed by atoms with Crippen LogP contribution in [-0.4, -0.2) is 16.8 Å². The molecule has 3 aromatic rings. The molecular weight excluding hydrogens is 414 g/mol. The van der Waals surface area contributed by atoms with Gasteiger partial charge in [-0.15, -0.1) is 11.3 Å². The van der Waals surface area contributed by atoms with Crippen molar-refractivity contribution >= 4 is 49.9 Å². The normalized spacial score (nSPS) is 13.0. The van der Waals surface area contributed by atoms with Gasteiger partial charge in [0.2, 0.25) is 5.91 Å². The molecule has 2 N–H and O–H groups in total. The molecule has 2 amide bonds. The lowest BCUT2D eigenvalue weighted by Gasteiger charge is -2.17. The van der Waals surface area contributed by atoms with Gasteiger partial charge < -0.3 is 5.32 Å². The van der Waals surface area contributed by atoms with E-state index in [0.29, 0.717) is 17.1 Å². The molecular formula is C19H14BrN3O2S. The number of hydrogen-bond acceptors (Lipinski definition) is 4. The first-order valence-electron chi connectivity index (χ1n) is 8.04. The smallest absolute Gasteiger partial charge is 0.257 e. The van der Waals surface area contributed by atoms with Gasteiger partial charge >= 0.3 is 0 Å². The van der Waals surface area contributed by atoms with E-state index in [1.807, 2.05) is 35.7 Å². The van der Waals surface area contributed by atoms with Gasteiger partial charge in [-0.2, -0.15) is 0 Å². The number of hydrogen-bond donors (Lipinski definition) is 2. The average molecular weight is 428 g/mol. The third-order valence-electron chi connectivity index (χ3n) is 4.13. The number of halogens is 1. The van der Waals surface area contributed by atoms with Crippen LogP contribution in [0.15, 0.2) is 52.3 Å². The molecule has 0 radical (unpaired) electrons. The number of anilines is 2. The number of carbonyl (C=O) groups is 2. The maximum Gasteiger partial charge on any atom is 0.257 e. The molecule has 1 aromatic heterocycles. The first-order chi connectivity index (χ1) is 12.6. The fourth-order valence-corrected chi connectivity index (χ4v) is 3.76. The minimum absolute atomic E-state index is 0.0526. The van der Waals surface area contributed by atoms with Crippen LogP contribution in [-0.2, 0) is 11.2 Å². The van der Waals surface area contributed by atoms with E-state index in [4.69, 9.17) is 0 Å². The Kier molecular flexibility index (Phi) is 4.57. The van der Waals surface area contributed by atoms with Crippen LogP contribution in [0.2, 0.25) is 0 Å². The lowest BCUT2D eigenvalue weighted by molar-refractivity contribution is -0.116. The van der Waals surface area contributed by atoms with E-state index >= 15 is 0 Å². The molecule has 0 unspecified atom stereocenters. The lowest BCUT2D eigenvalue weighted by atomic mass is 9.99. The van der Waals surface area contributed by atoms with Crippen LogP contribution in [0.25, 0.3) is 11.3 Å². The molecule has 0 spiro atoms. The van der Waals surface area contributed by atoms with Crippen molar-refractivity contribution in [3.05, 3.63) is 63.4 Å². The van der Waals surface area contributed by atoms with Crippen molar-refractivity contribution in [2.45, 2.75) is 12.8 Å². The van der Waals surface area contributed by atoms with E-state index in [0.717, 1.165) is 33.4 Å². The van der Waals surface area contributed by atoms with Gasteiger partial charge in [-0.05, 0) is 48.4 Å². The number of fused-ring (bicyclic) bond motifs is 1. The Morgan fingerprint density at radius 2 is 1.96 bits per heavy atom. The summed E-state index contributed by atoms with van der Waals surface area (Å²) >= 11 is 4.74. The highest BCUT2D eigenvalue weighted by molar-refractivity contribution is 9.10. The van der Waals surface area contributed by atoms with E-state index in [1.165, 1.54) is 11.3 Å². The van der Waals surface area contributed by atoms with E-state index in [9.17, 15) is 9.59 Å². The Hall–Kier alpha value is -2.51. The highest BCUT2D eigenvalue weighted by Crippen LogP contribution is 2.30. The number of thiazole rings is 1. The van der Waals surface area contributed by atoms with Crippen molar-refractivity contribution in [2.75, 3.05) is 10.6 Å². The molecule has 5 nitrogen and oxygen atoms in total. The SMILES string of the molecule is O=C1CCc2cc(-c3csc(NC(=O)c4ccc(Br)cc4)n3)ccc2N1. The minimum atomic E-state index is -0.188. The third kappa shape index (κ3) is 3.54. The second-order valence-electron chi connectivity index (χ2n) is 5.92. The zero-order chi connectivity index (χ0) is 18.1. The summed E-state index contributed by atoms with van der Waals surface area (Å²) in [4.78, 5) is 28.3. The van der Waals surface area contributed by atoms with Crippen LogP contribution in [0, 0.1) is 0 Å². The van der Waals surface area contributed by atoms with Crippen molar-refractivity contribution in [3.8, 4) is 11.3 Å². The molecule has 1 aliphatic heterocycles. The predicted octanol–water partition coefficient (Wildman–Crippen LogP) is 4.71. The summed E-state index contributed by atoms with van der Waals surface area (Å²) in [6.45, 7) is 0. The van der Waals surface area contributed by atoms with Crippen molar-refractivity contribution in [1.29, 1.82) is 0 Å². The Morgan fingerprint density at radius 3 is 2.77 bits per heavy atom. The molecule has 0 bridgehead atoms. The van der Waals surface area contributed by atoms with E-state index in [-0.39, 0.29) is 11.8 Å². The molecule has 130 valence electrons. The highest BCUT2D eigenvalue weighted by atomic mass is 79.9. The van der Waals surface area contributed by atoms with E-state index in [2.05, 4.69) is 31.5 Å². The first kappa shape index (κ1) is 16.9. The van der Waals surface area contributed by atoms with Gasteiger partial charge in [0.1, 0.15) is 0 Å². The minimum Gasteiger partial charge on any atom is -0.326 e. The standard InChI is InChI=1S/C19H14BrN3O2S/c20-14-5-1-11(2-6-14)18(25)23-19-22-16(10-26-19)13-3-7-15-12(9-13)4-8-17(24)21-15/h1-3,5-7,9-10H,4,8H2,(H,21,24)(H,22,23,25). The van der Waals surface area contributed by atoms with Crippen LogP contribution >= 0.6 is 27.3 Å². The number of aryl methyl sites for hydroxylation is 1. The Morgan fingerprint density at radius 1 is 1.15 bits per heavy atom. The molecule has 0 aliphatic carbocycles. The summed E-state index contributed by atoms with van der Waals surface area (Å²) in [5, 5.41) is 8.18. The molecule has 26 heavy (non-hydrogen) atoms. The van der Waals surface area contributed by atoms with Crippen molar-refractivity contribution in [2.24, 2.45) is 0 Å². The number of nitrogens with zero attached hydrogens (tertiary/aromatic N) is 1. The number of amides is 2. The summed E-state index contributed by atoms with van der Waals surface area (Å²) in [6.07, 6.45) is 1.23. The Bertz CT molecular complexity index is 998. The summed E-state index contributed by atoms with van der Waals surface area (Å²) < 4.78 is 0.925. The number of nitrogens with one attached hydrogen (secondary N) is 2. The molecule has 0 saturated carbocycles. The average Bonchev–Trinajstić information content (AvgIpc) is 3.10. The molecule has 2 aromatic carbocycles. The topological polar surface area (TPSA) is 71.1 Å². The van der Waals surface area contributed by atoms with Crippen LogP contribution in [0.3, 0.4) is 0 Å². The number of carbonyl (C=O) groups excluding carboxylic acids is 2.